The van der Waals surface area contributed by atoms with E-state index in [0.717, 1.165) is 31.6 Å². The van der Waals surface area contributed by atoms with Crippen molar-refractivity contribution in [3.8, 4) is 0 Å². The van der Waals surface area contributed by atoms with Gasteiger partial charge in [0.25, 0.3) is 0 Å². The van der Waals surface area contributed by atoms with E-state index in [1.165, 1.54) is 11.1 Å². The summed E-state index contributed by atoms with van der Waals surface area (Å²) in [6, 6.07) is 5.38. The molecule has 1 heterocycles. The van der Waals surface area contributed by atoms with Crippen LogP contribution in [0.5, 0.6) is 0 Å². The zero-order valence-corrected chi connectivity index (χ0v) is 12.9. The van der Waals surface area contributed by atoms with Crippen LogP contribution in [0.25, 0.3) is 5.57 Å². The van der Waals surface area contributed by atoms with Crippen LogP contribution in [-0.2, 0) is 0 Å². The van der Waals surface area contributed by atoms with Crippen molar-refractivity contribution in [2.75, 3.05) is 19.6 Å². The van der Waals surface area contributed by atoms with Crippen molar-refractivity contribution >= 4 is 11.5 Å². The highest BCUT2D eigenvalue weighted by Gasteiger charge is 2.14. The number of benzene rings is 1. The fourth-order valence-electron chi connectivity index (χ4n) is 2.40. The monoisotopic (exact) mass is 275 g/mol. The molecule has 3 heteroatoms. The van der Waals surface area contributed by atoms with Gasteiger partial charge in [0.15, 0.2) is 0 Å². The van der Waals surface area contributed by atoms with Crippen LogP contribution in [0.4, 0.5) is 0 Å². The van der Waals surface area contributed by atoms with Gasteiger partial charge in [0, 0.05) is 13.1 Å². The van der Waals surface area contributed by atoms with Crippen molar-refractivity contribution in [3.05, 3.63) is 41.0 Å². The maximum Gasteiger partial charge on any atom is 0.335 e. The number of likely N-dealkylation sites (N-methyl/N-ethyl adjacent to an activating group) is 1. The van der Waals surface area contributed by atoms with Gasteiger partial charge in [-0.1, -0.05) is 32.9 Å². The molecule has 20 heavy (non-hydrogen) atoms. The van der Waals surface area contributed by atoms with Crippen LogP contribution in [-0.4, -0.2) is 35.6 Å². The Bertz CT molecular complexity index is 492. The van der Waals surface area contributed by atoms with Crippen LogP contribution >= 0.6 is 0 Å². The van der Waals surface area contributed by atoms with Gasteiger partial charge in [0.2, 0.25) is 0 Å². The summed E-state index contributed by atoms with van der Waals surface area (Å²) >= 11 is 0. The molecule has 0 saturated heterocycles. The second kappa shape index (κ2) is 7.85. The maximum atomic E-state index is 10.9. The summed E-state index contributed by atoms with van der Waals surface area (Å²) in [6.45, 7) is 11.3. The number of hydrogen-bond acceptors (Lipinski definition) is 2. The molecule has 0 aromatic heterocycles. The van der Waals surface area contributed by atoms with Crippen LogP contribution in [0, 0.1) is 6.92 Å². The molecule has 0 spiro atoms. The number of carboxylic acids is 1. The summed E-state index contributed by atoms with van der Waals surface area (Å²) < 4.78 is 0. The Balaban J connectivity index is 0.000000956. The van der Waals surface area contributed by atoms with Crippen LogP contribution in [0.3, 0.4) is 0 Å². The highest BCUT2D eigenvalue weighted by atomic mass is 16.4. The number of aryl methyl sites for hydroxylation is 1. The van der Waals surface area contributed by atoms with Crippen molar-refractivity contribution in [2.45, 2.75) is 34.1 Å². The van der Waals surface area contributed by atoms with Gasteiger partial charge < -0.3 is 5.11 Å². The first-order valence-corrected chi connectivity index (χ1v) is 7.37. The molecule has 1 aromatic rings. The lowest BCUT2D eigenvalue weighted by Gasteiger charge is -2.25. The number of rotatable bonds is 3. The summed E-state index contributed by atoms with van der Waals surface area (Å²) in [5.41, 5.74) is 3.94. The number of carboxylic acid groups (broad SMARTS) is 1. The molecule has 2 rings (SSSR count). The zero-order valence-electron chi connectivity index (χ0n) is 12.9. The van der Waals surface area contributed by atoms with Crippen LogP contribution in [0.2, 0.25) is 0 Å². The first-order valence-electron chi connectivity index (χ1n) is 7.37. The molecule has 1 aromatic carbocycles. The highest BCUT2D eigenvalue weighted by molar-refractivity contribution is 5.88. The summed E-state index contributed by atoms with van der Waals surface area (Å²) in [7, 11) is 0. The predicted molar refractivity (Wildman–Crippen MR) is 84.2 cm³/mol. The van der Waals surface area contributed by atoms with Crippen molar-refractivity contribution in [3.63, 3.8) is 0 Å². The molecule has 1 aliphatic heterocycles. The van der Waals surface area contributed by atoms with E-state index in [1.54, 1.807) is 12.1 Å². The van der Waals surface area contributed by atoms with E-state index >= 15 is 0 Å². The summed E-state index contributed by atoms with van der Waals surface area (Å²) in [4.78, 5) is 13.3. The SMILES string of the molecule is CC.CCN1CC=C(c2ccc(C(=O)O)cc2C)CC1. The number of nitrogens with zero attached hydrogens (tertiary/aromatic N) is 1. The summed E-state index contributed by atoms with van der Waals surface area (Å²) in [5, 5.41) is 8.96. The summed E-state index contributed by atoms with van der Waals surface area (Å²) in [5.74, 6) is -0.862. The van der Waals surface area contributed by atoms with Crippen molar-refractivity contribution in [1.82, 2.24) is 4.90 Å². The molecule has 0 fully saturated rings. The molecule has 0 aliphatic carbocycles. The fourth-order valence-corrected chi connectivity index (χ4v) is 2.40. The molecular formula is C17H25NO2. The molecule has 0 amide bonds. The van der Waals surface area contributed by atoms with E-state index < -0.39 is 5.97 Å². The molecule has 0 bridgehead atoms. The third kappa shape index (κ3) is 3.94. The topological polar surface area (TPSA) is 40.5 Å². The van der Waals surface area contributed by atoms with Gasteiger partial charge >= 0.3 is 5.97 Å². The summed E-state index contributed by atoms with van der Waals surface area (Å²) in [6.07, 6.45) is 3.30. The Labute approximate surface area is 121 Å². The van der Waals surface area contributed by atoms with Gasteiger partial charge in [-0.15, -0.1) is 0 Å². The predicted octanol–water partition coefficient (Wildman–Crippen LogP) is 3.83. The minimum atomic E-state index is -0.862. The van der Waals surface area contributed by atoms with Gasteiger partial charge in [0.1, 0.15) is 0 Å². The van der Waals surface area contributed by atoms with Gasteiger partial charge in [-0.25, -0.2) is 4.79 Å². The standard InChI is InChI=1S/C15H19NO2.C2H6/c1-3-16-8-6-12(7-9-16)14-5-4-13(15(17)18)10-11(14)2;1-2/h4-6,10H,3,7-9H2,1-2H3,(H,17,18);1-2H3. The van der Waals surface area contributed by atoms with E-state index in [1.807, 2.05) is 26.8 Å². The number of aromatic carboxylic acids is 1. The maximum absolute atomic E-state index is 10.9. The average molecular weight is 275 g/mol. The molecular weight excluding hydrogens is 250 g/mol. The molecule has 0 radical (unpaired) electrons. The zero-order chi connectivity index (χ0) is 15.1. The van der Waals surface area contributed by atoms with E-state index in [2.05, 4.69) is 17.9 Å². The molecule has 3 nitrogen and oxygen atoms in total. The first kappa shape index (κ1) is 16.4. The Morgan fingerprint density at radius 3 is 2.50 bits per heavy atom. The number of carbonyl (C=O) groups is 1. The van der Waals surface area contributed by atoms with Crippen molar-refractivity contribution in [2.24, 2.45) is 0 Å². The minimum Gasteiger partial charge on any atom is -0.478 e. The molecule has 1 aliphatic rings. The largest absolute Gasteiger partial charge is 0.478 e. The van der Waals surface area contributed by atoms with Gasteiger partial charge in [-0.2, -0.15) is 0 Å². The first-order chi connectivity index (χ1) is 9.61. The van der Waals surface area contributed by atoms with E-state index in [4.69, 9.17) is 5.11 Å². The molecule has 1 N–H and O–H groups in total. The van der Waals surface area contributed by atoms with Gasteiger partial charge in [-0.3, -0.25) is 4.90 Å². The van der Waals surface area contributed by atoms with Crippen molar-refractivity contribution < 1.29 is 9.90 Å². The lowest BCUT2D eigenvalue weighted by atomic mass is 9.94. The smallest absolute Gasteiger partial charge is 0.335 e. The lowest BCUT2D eigenvalue weighted by Crippen LogP contribution is -2.28. The number of hydrogen-bond donors (Lipinski definition) is 1. The third-order valence-corrected chi connectivity index (χ3v) is 3.56. The molecule has 0 saturated carbocycles. The van der Waals surface area contributed by atoms with Gasteiger partial charge in [-0.05, 0) is 48.7 Å². The molecule has 0 atom stereocenters. The van der Waals surface area contributed by atoms with E-state index in [0.29, 0.717) is 5.56 Å². The normalized spacial score (nSPS) is 15.1. The Morgan fingerprint density at radius 2 is 2.05 bits per heavy atom. The quantitative estimate of drug-likeness (QED) is 0.911. The second-order valence-corrected chi connectivity index (χ2v) is 4.71. The van der Waals surface area contributed by atoms with Crippen molar-refractivity contribution in [1.29, 1.82) is 0 Å². The Kier molecular flexibility index (Phi) is 6.46. The van der Waals surface area contributed by atoms with E-state index in [-0.39, 0.29) is 0 Å². The lowest BCUT2D eigenvalue weighted by molar-refractivity contribution is 0.0697. The van der Waals surface area contributed by atoms with Crippen LogP contribution in [0.15, 0.2) is 24.3 Å². The second-order valence-electron chi connectivity index (χ2n) is 4.71. The van der Waals surface area contributed by atoms with E-state index in [9.17, 15) is 4.79 Å². The Hall–Kier alpha value is -1.61. The average Bonchev–Trinajstić information content (AvgIpc) is 2.49. The fraction of sp³-hybridized carbons (Fsp3) is 0.471. The van der Waals surface area contributed by atoms with Crippen LogP contribution < -0.4 is 0 Å². The minimum absolute atomic E-state index is 0.364. The highest BCUT2D eigenvalue weighted by Crippen LogP contribution is 2.25. The molecule has 0 unspecified atom stereocenters. The van der Waals surface area contributed by atoms with Gasteiger partial charge in [0.05, 0.1) is 5.56 Å². The third-order valence-electron chi connectivity index (χ3n) is 3.56. The Morgan fingerprint density at radius 1 is 1.35 bits per heavy atom. The van der Waals surface area contributed by atoms with Crippen LogP contribution in [0.1, 0.15) is 48.7 Å². The molecule has 110 valence electrons.